The molecular weight excluding hydrogens is 406 g/mol. The van der Waals surface area contributed by atoms with Crippen LogP contribution < -0.4 is 5.32 Å². The second kappa shape index (κ2) is 10.7. The summed E-state index contributed by atoms with van der Waals surface area (Å²) in [6, 6.07) is 8.40. The predicted molar refractivity (Wildman–Crippen MR) is 140 cm³/mol. The van der Waals surface area contributed by atoms with Gasteiger partial charge in [-0.1, -0.05) is 85.4 Å². The van der Waals surface area contributed by atoms with Crippen molar-refractivity contribution < 1.29 is 9.59 Å². The quantitative estimate of drug-likeness (QED) is 0.450. The average molecular weight is 450 g/mol. The molecule has 1 aliphatic heterocycles. The molecule has 0 saturated carbocycles. The third-order valence-corrected chi connectivity index (χ3v) is 7.04. The zero-order chi connectivity index (χ0) is 25.0. The highest BCUT2D eigenvalue weighted by atomic mass is 16.1. The van der Waals surface area contributed by atoms with Crippen LogP contribution in [0.3, 0.4) is 0 Å². The highest BCUT2D eigenvalue weighted by Crippen LogP contribution is 2.53. The van der Waals surface area contributed by atoms with E-state index >= 15 is 0 Å². The van der Waals surface area contributed by atoms with Crippen molar-refractivity contribution in [2.75, 3.05) is 0 Å². The summed E-state index contributed by atoms with van der Waals surface area (Å²) in [5.41, 5.74) is 3.87. The zero-order valence-electron chi connectivity index (χ0n) is 22.0. The lowest BCUT2D eigenvalue weighted by atomic mass is 9.66. The van der Waals surface area contributed by atoms with E-state index in [9.17, 15) is 9.59 Å². The Bertz CT molecular complexity index is 948. The van der Waals surface area contributed by atoms with Gasteiger partial charge in [-0.25, -0.2) is 0 Å². The van der Waals surface area contributed by atoms with E-state index in [1.807, 2.05) is 20.0 Å². The fourth-order valence-electron chi connectivity index (χ4n) is 5.32. The van der Waals surface area contributed by atoms with Crippen molar-refractivity contribution in [1.82, 2.24) is 5.32 Å². The van der Waals surface area contributed by atoms with E-state index in [4.69, 9.17) is 0 Å². The number of rotatable bonds is 8. The van der Waals surface area contributed by atoms with Gasteiger partial charge in [-0.3, -0.25) is 9.59 Å². The van der Waals surface area contributed by atoms with Gasteiger partial charge in [-0.15, -0.1) is 0 Å². The summed E-state index contributed by atoms with van der Waals surface area (Å²) >= 11 is 0. The molecule has 0 saturated heterocycles. The number of hydrogen-bond acceptors (Lipinski definition) is 3. The van der Waals surface area contributed by atoms with Gasteiger partial charge >= 0.3 is 0 Å². The number of carbonyl (C=O) groups excluding carboxylic acids is 2. The summed E-state index contributed by atoms with van der Waals surface area (Å²) in [5.74, 6) is 1.13. The van der Waals surface area contributed by atoms with E-state index in [2.05, 4.69) is 76.9 Å². The van der Waals surface area contributed by atoms with Gasteiger partial charge in [-0.2, -0.15) is 0 Å². The minimum Gasteiger partial charge on any atom is -0.381 e. The lowest BCUT2D eigenvalue weighted by Gasteiger charge is -2.36. The molecule has 0 amide bonds. The molecule has 1 aromatic carbocycles. The lowest BCUT2D eigenvalue weighted by molar-refractivity contribution is -0.120. The third-order valence-electron chi connectivity index (χ3n) is 7.04. The van der Waals surface area contributed by atoms with Crippen molar-refractivity contribution in [1.29, 1.82) is 0 Å². The predicted octanol–water partition coefficient (Wildman–Crippen LogP) is 7.40. The van der Waals surface area contributed by atoms with Crippen LogP contribution in [0.25, 0.3) is 5.57 Å². The molecule has 3 rings (SSSR count). The standard InChI is InChI=1S/C28H37NO2.C2H6/c1-8-28(16-20(6)30)21(7)25(17-29-28)27(15-18(2)3)14-13-24(26(27)31)23-11-9-22(10-12-23)19(4)5;1-2/h9-13,17-19,29H,7-8,14-16H2,1-6H3;1-2H3/t27-,28+;/m1./s1. The fourth-order valence-corrected chi connectivity index (χ4v) is 5.32. The summed E-state index contributed by atoms with van der Waals surface area (Å²) in [6.45, 7) is 20.8. The molecule has 2 aliphatic rings. The second-order valence-corrected chi connectivity index (χ2v) is 10.1. The molecule has 0 fully saturated rings. The summed E-state index contributed by atoms with van der Waals surface area (Å²) in [5, 5.41) is 3.46. The number of benzene rings is 1. The van der Waals surface area contributed by atoms with Gasteiger partial charge < -0.3 is 5.32 Å². The number of ketones is 2. The Kier molecular flexibility index (Phi) is 8.68. The molecular formula is C30H43NO2. The van der Waals surface area contributed by atoms with Crippen LogP contribution in [0.15, 0.2) is 54.3 Å². The van der Waals surface area contributed by atoms with Crippen LogP contribution in [0.2, 0.25) is 0 Å². The van der Waals surface area contributed by atoms with Crippen molar-refractivity contribution in [3.8, 4) is 0 Å². The van der Waals surface area contributed by atoms with E-state index in [0.29, 0.717) is 24.7 Å². The van der Waals surface area contributed by atoms with E-state index in [1.165, 1.54) is 5.56 Å². The summed E-state index contributed by atoms with van der Waals surface area (Å²) in [4.78, 5) is 26.0. The monoisotopic (exact) mass is 449 g/mol. The van der Waals surface area contributed by atoms with Crippen LogP contribution in [-0.2, 0) is 9.59 Å². The second-order valence-electron chi connectivity index (χ2n) is 10.1. The van der Waals surface area contributed by atoms with Crippen LogP contribution in [-0.4, -0.2) is 17.1 Å². The molecule has 0 bridgehead atoms. The number of hydrogen-bond donors (Lipinski definition) is 1. The van der Waals surface area contributed by atoms with Crippen molar-refractivity contribution in [3.05, 3.63) is 65.4 Å². The van der Waals surface area contributed by atoms with Gasteiger partial charge in [0, 0.05) is 18.2 Å². The molecule has 1 aliphatic carbocycles. The van der Waals surface area contributed by atoms with Crippen molar-refractivity contribution in [2.24, 2.45) is 11.3 Å². The number of allylic oxidation sites excluding steroid dienone is 2. The van der Waals surface area contributed by atoms with Crippen LogP contribution in [0.5, 0.6) is 0 Å². The molecule has 180 valence electrons. The lowest BCUT2D eigenvalue weighted by Crippen LogP contribution is -2.42. The van der Waals surface area contributed by atoms with Crippen LogP contribution in [0, 0.1) is 11.3 Å². The molecule has 0 radical (unpaired) electrons. The van der Waals surface area contributed by atoms with Crippen molar-refractivity contribution in [3.63, 3.8) is 0 Å². The smallest absolute Gasteiger partial charge is 0.174 e. The number of Topliss-reactive ketones (excluding diaryl/α,β-unsaturated/α-hetero) is 2. The molecule has 3 nitrogen and oxygen atoms in total. The maximum Gasteiger partial charge on any atom is 0.174 e. The molecule has 1 aromatic rings. The number of carbonyl (C=O) groups is 2. The van der Waals surface area contributed by atoms with Gasteiger partial charge in [0.05, 0.1) is 11.0 Å². The Balaban J connectivity index is 0.00000187. The van der Waals surface area contributed by atoms with Crippen molar-refractivity contribution >= 4 is 17.1 Å². The van der Waals surface area contributed by atoms with E-state index in [0.717, 1.165) is 35.1 Å². The Labute approximate surface area is 201 Å². The molecule has 0 aromatic heterocycles. The van der Waals surface area contributed by atoms with E-state index < -0.39 is 11.0 Å². The molecule has 0 spiro atoms. The Hall–Kier alpha value is -2.42. The van der Waals surface area contributed by atoms with Gasteiger partial charge in [0.25, 0.3) is 0 Å². The number of nitrogens with one attached hydrogen (secondary N) is 1. The average Bonchev–Trinajstić information content (AvgIpc) is 3.27. The molecule has 33 heavy (non-hydrogen) atoms. The maximum absolute atomic E-state index is 14.0. The van der Waals surface area contributed by atoms with Gasteiger partial charge in [-0.05, 0) is 60.3 Å². The first-order valence-electron chi connectivity index (χ1n) is 12.6. The highest BCUT2D eigenvalue weighted by Gasteiger charge is 2.52. The summed E-state index contributed by atoms with van der Waals surface area (Å²) in [7, 11) is 0. The SMILES string of the molecule is C=C1C([C@]2(CC(C)C)CC=C(c3ccc(C(C)C)cc3)C2=O)=CN[C@@]1(CC)CC(C)=O.CC. The van der Waals surface area contributed by atoms with Gasteiger partial charge in [0.15, 0.2) is 5.78 Å². The molecule has 3 heteroatoms. The normalized spacial score (nSPS) is 24.4. The first-order chi connectivity index (χ1) is 15.6. The summed E-state index contributed by atoms with van der Waals surface area (Å²) in [6.07, 6.45) is 6.69. The Morgan fingerprint density at radius 1 is 1.12 bits per heavy atom. The van der Waals surface area contributed by atoms with Crippen LogP contribution >= 0.6 is 0 Å². The molecule has 1 N–H and O–H groups in total. The minimum absolute atomic E-state index is 0.130. The zero-order valence-corrected chi connectivity index (χ0v) is 22.0. The first kappa shape index (κ1) is 26.8. The topological polar surface area (TPSA) is 46.2 Å². The Morgan fingerprint density at radius 2 is 1.73 bits per heavy atom. The van der Waals surface area contributed by atoms with Gasteiger partial charge in [0.1, 0.15) is 5.78 Å². The minimum atomic E-state index is -0.613. The maximum atomic E-state index is 14.0. The van der Waals surface area contributed by atoms with Crippen LogP contribution in [0.4, 0.5) is 0 Å². The first-order valence-corrected chi connectivity index (χ1v) is 12.6. The highest BCUT2D eigenvalue weighted by molar-refractivity contribution is 6.26. The van der Waals surface area contributed by atoms with E-state index in [-0.39, 0.29) is 11.6 Å². The van der Waals surface area contributed by atoms with Crippen LogP contribution in [0.1, 0.15) is 98.1 Å². The largest absolute Gasteiger partial charge is 0.381 e. The molecule has 2 atom stereocenters. The third kappa shape index (κ3) is 5.08. The molecule has 0 unspecified atom stereocenters. The van der Waals surface area contributed by atoms with Crippen molar-refractivity contribution in [2.45, 2.75) is 92.5 Å². The molecule has 1 heterocycles. The Morgan fingerprint density at radius 3 is 2.21 bits per heavy atom. The fraction of sp³-hybridized carbons (Fsp3) is 0.533. The van der Waals surface area contributed by atoms with Gasteiger partial charge in [0.2, 0.25) is 0 Å². The summed E-state index contributed by atoms with van der Waals surface area (Å²) < 4.78 is 0. The van der Waals surface area contributed by atoms with E-state index in [1.54, 1.807) is 6.92 Å².